The van der Waals surface area contributed by atoms with Crippen molar-refractivity contribution in [1.29, 1.82) is 0 Å². The minimum atomic E-state index is 0.698. The van der Waals surface area contributed by atoms with Crippen molar-refractivity contribution in [2.45, 2.75) is 25.8 Å². The quantitative estimate of drug-likeness (QED) is 0.592. The van der Waals surface area contributed by atoms with Crippen molar-refractivity contribution in [1.82, 2.24) is 10.2 Å². The zero-order valence-corrected chi connectivity index (χ0v) is 10.7. The molecular formula is C12H26N2O2. The van der Waals surface area contributed by atoms with Gasteiger partial charge in [-0.15, -0.1) is 0 Å². The Morgan fingerprint density at radius 2 is 2.19 bits per heavy atom. The lowest BCUT2D eigenvalue weighted by Crippen LogP contribution is -2.37. The first-order valence-corrected chi connectivity index (χ1v) is 6.40. The Bertz CT molecular complexity index is 161. The first-order valence-electron chi connectivity index (χ1n) is 6.40. The molecule has 4 heteroatoms. The molecule has 1 rings (SSSR count). The molecule has 4 nitrogen and oxygen atoms in total. The van der Waals surface area contributed by atoms with Gasteiger partial charge in [0.1, 0.15) is 0 Å². The van der Waals surface area contributed by atoms with Gasteiger partial charge in [-0.25, -0.2) is 0 Å². The molecule has 1 fully saturated rings. The van der Waals surface area contributed by atoms with Gasteiger partial charge in [0.25, 0.3) is 0 Å². The average Bonchev–Trinajstić information content (AvgIpc) is 2.82. The summed E-state index contributed by atoms with van der Waals surface area (Å²) in [5.74, 6) is 0. The highest BCUT2D eigenvalue weighted by molar-refractivity contribution is 4.79. The minimum Gasteiger partial charge on any atom is -0.382 e. The van der Waals surface area contributed by atoms with E-state index in [1.807, 2.05) is 0 Å². The van der Waals surface area contributed by atoms with Crippen LogP contribution in [0.4, 0.5) is 0 Å². The SMILES string of the molecule is CCN(CCCOCCOC)C1CCNC1. The Morgan fingerprint density at radius 1 is 1.31 bits per heavy atom. The molecule has 0 saturated carbocycles. The maximum atomic E-state index is 5.46. The summed E-state index contributed by atoms with van der Waals surface area (Å²) >= 11 is 0. The largest absolute Gasteiger partial charge is 0.382 e. The maximum absolute atomic E-state index is 5.46. The van der Waals surface area contributed by atoms with Crippen LogP contribution in [0.25, 0.3) is 0 Å². The van der Waals surface area contributed by atoms with Gasteiger partial charge in [-0.2, -0.15) is 0 Å². The predicted octanol–water partition coefficient (Wildman–Crippen LogP) is 0.723. The summed E-state index contributed by atoms with van der Waals surface area (Å²) in [6.07, 6.45) is 2.41. The third kappa shape index (κ3) is 5.25. The Labute approximate surface area is 99.3 Å². The fraction of sp³-hybridized carbons (Fsp3) is 1.00. The molecule has 16 heavy (non-hydrogen) atoms. The van der Waals surface area contributed by atoms with Crippen LogP contribution in [0, 0.1) is 0 Å². The van der Waals surface area contributed by atoms with Crippen LogP contribution in [0.15, 0.2) is 0 Å². The van der Waals surface area contributed by atoms with Gasteiger partial charge in [0.2, 0.25) is 0 Å². The number of nitrogens with one attached hydrogen (secondary N) is 1. The van der Waals surface area contributed by atoms with Gasteiger partial charge in [-0.05, 0) is 25.9 Å². The van der Waals surface area contributed by atoms with Crippen molar-refractivity contribution in [3.8, 4) is 0 Å². The fourth-order valence-corrected chi connectivity index (χ4v) is 2.16. The molecule has 1 aliphatic heterocycles. The Balaban J connectivity index is 2.00. The van der Waals surface area contributed by atoms with Crippen LogP contribution in [-0.4, -0.2) is 64.1 Å². The lowest BCUT2D eigenvalue weighted by atomic mass is 10.2. The van der Waals surface area contributed by atoms with Crippen molar-refractivity contribution in [3.05, 3.63) is 0 Å². The highest BCUT2D eigenvalue weighted by Crippen LogP contribution is 2.08. The Kier molecular flexibility index (Phi) is 7.76. The first kappa shape index (κ1) is 13.9. The molecule has 1 aliphatic rings. The molecule has 1 N–H and O–H groups in total. The molecular weight excluding hydrogens is 204 g/mol. The lowest BCUT2D eigenvalue weighted by Gasteiger charge is -2.26. The van der Waals surface area contributed by atoms with E-state index in [1.54, 1.807) is 7.11 Å². The van der Waals surface area contributed by atoms with E-state index in [1.165, 1.54) is 13.0 Å². The van der Waals surface area contributed by atoms with Crippen molar-refractivity contribution in [2.75, 3.05) is 53.1 Å². The van der Waals surface area contributed by atoms with E-state index in [9.17, 15) is 0 Å². The second-order valence-electron chi connectivity index (χ2n) is 4.23. The first-order chi connectivity index (χ1) is 7.88. The maximum Gasteiger partial charge on any atom is 0.0700 e. The van der Waals surface area contributed by atoms with Gasteiger partial charge in [-0.1, -0.05) is 6.92 Å². The predicted molar refractivity (Wildman–Crippen MR) is 65.8 cm³/mol. The molecule has 0 spiro atoms. The number of hydrogen-bond acceptors (Lipinski definition) is 4. The van der Waals surface area contributed by atoms with Crippen LogP contribution < -0.4 is 5.32 Å². The number of likely N-dealkylation sites (N-methyl/N-ethyl adjacent to an activating group) is 1. The molecule has 0 aromatic rings. The summed E-state index contributed by atoms with van der Waals surface area (Å²) in [5.41, 5.74) is 0. The highest BCUT2D eigenvalue weighted by Gasteiger charge is 2.20. The van der Waals surface area contributed by atoms with Gasteiger partial charge < -0.3 is 14.8 Å². The molecule has 0 amide bonds. The average molecular weight is 230 g/mol. The van der Waals surface area contributed by atoms with E-state index in [0.29, 0.717) is 13.2 Å². The van der Waals surface area contributed by atoms with E-state index in [-0.39, 0.29) is 0 Å². The summed E-state index contributed by atoms with van der Waals surface area (Å²) in [5, 5.41) is 3.42. The number of nitrogens with zero attached hydrogens (tertiary/aromatic N) is 1. The van der Waals surface area contributed by atoms with Gasteiger partial charge in [-0.3, -0.25) is 4.90 Å². The van der Waals surface area contributed by atoms with E-state index in [0.717, 1.165) is 38.7 Å². The van der Waals surface area contributed by atoms with E-state index >= 15 is 0 Å². The van der Waals surface area contributed by atoms with Gasteiger partial charge in [0.05, 0.1) is 13.2 Å². The third-order valence-corrected chi connectivity index (χ3v) is 3.12. The Hall–Kier alpha value is -0.160. The van der Waals surface area contributed by atoms with E-state index < -0.39 is 0 Å². The molecule has 96 valence electrons. The van der Waals surface area contributed by atoms with Gasteiger partial charge in [0, 0.05) is 32.8 Å². The number of rotatable bonds is 9. The summed E-state index contributed by atoms with van der Waals surface area (Å²) in [4.78, 5) is 2.56. The van der Waals surface area contributed by atoms with E-state index in [2.05, 4.69) is 17.1 Å². The van der Waals surface area contributed by atoms with Crippen LogP contribution in [0.2, 0.25) is 0 Å². The monoisotopic (exact) mass is 230 g/mol. The number of hydrogen-bond donors (Lipinski definition) is 1. The summed E-state index contributed by atoms with van der Waals surface area (Å²) in [6.45, 7) is 9.12. The molecule has 0 aromatic heterocycles. The van der Waals surface area contributed by atoms with Crippen LogP contribution in [0.5, 0.6) is 0 Å². The standard InChI is InChI=1S/C12H26N2O2/c1-3-14(12-5-6-13-11-12)7-4-8-16-10-9-15-2/h12-13H,3-11H2,1-2H3. The van der Waals surface area contributed by atoms with Gasteiger partial charge in [0.15, 0.2) is 0 Å². The topological polar surface area (TPSA) is 33.7 Å². The molecule has 0 aromatic carbocycles. The fourth-order valence-electron chi connectivity index (χ4n) is 2.16. The van der Waals surface area contributed by atoms with Crippen molar-refractivity contribution in [3.63, 3.8) is 0 Å². The molecule has 0 aliphatic carbocycles. The molecule has 1 saturated heterocycles. The van der Waals surface area contributed by atoms with Crippen LogP contribution >= 0.6 is 0 Å². The minimum absolute atomic E-state index is 0.698. The summed E-state index contributed by atoms with van der Waals surface area (Å²) in [6, 6.07) is 0.740. The van der Waals surface area contributed by atoms with Crippen LogP contribution in [0.3, 0.4) is 0 Å². The Morgan fingerprint density at radius 3 is 2.81 bits per heavy atom. The summed E-state index contributed by atoms with van der Waals surface area (Å²) in [7, 11) is 1.70. The van der Waals surface area contributed by atoms with Crippen LogP contribution in [-0.2, 0) is 9.47 Å². The number of methoxy groups -OCH3 is 1. The molecule has 1 atom stereocenters. The second-order valence-corrected chi connectivity index (χ2v) is 4.23. The van der Waals surface area contributed by atoms with E-state index in [4.69, 9.17) is 9.47 Å². The van der Waals surface area contributed by atoms with Crippen molar-refractivity contribution < 1.29 is 9.47 Å². The smallest absolute Gasteiger partial charge is 0.0700 e. The number of ether oxygens (including phenoxy) is 2. The molecule has 0 radical (unpaired) electrons. The lowest BCUT2D eigenvalue weighted by molar-refractivity contribution is 0.0635. The zero-order chi connectivity index (χ0) is 11.6. The molecule has 1 unspecified atom stereocenters. The van der Waals surface area contributed by atoms with Gasteiger partial charge >= 0.3 is 0 Å². The molecule has 0 bridgehead atoms. The van der Waals surface area contributed by atoms with Crippen molar-refractivity contribution in [2.24, 2.45) is 0 Å². The second kappa shape index (κ2) is 8.93. The molecule has 1 heterocycles. The summed E-state index contributed by atoms with van der Waals surface area (Å²) < 4.78 is 10.4. The normalized spacial score (nSPS) is 20.8. The highest BCUT2D eigenvalue weighted by atomic mass is 16.5. The third-order valence-electron chi connectivity index (χ3n) is 3.12. The zero-order valence-electron chi connectivity index (χ0n) is 10.7. The van der Waals surface area contributed by atoms with Crippen molar-refractivity contribution >= 4 is 0 Å². The van der Waals surface area contributed by atoms with Crippen LogP contribution in [0.1, 0.15) is 19.8 Å².